The highest BCUT2D eigenvalue weighted by atomic mass is 28.4. The number of hydrogen-bond acceptors (Lipinski definition) is 3. The van der Waals surface area contributed by atoms with Gasteiger partial charge >= 0.3 is 0 Å². The van der Waals surface area contributed by atoms with E-state index in [1.165, 1.54) is 51.0 Å². The molecule has 0 fully saturated rings. The molecule has 0 bridgehead atoms. The summed E-state index contributed by atoms with van der Waals surface area (Å²) in [7, 11) is -2.15. The molecule has 0 saturated heterocycles. The van der Waals surface area contributed by atoms with Crippen LogP contribution in [0.1, 0.15) is 51.4 Å². The van der Waals surface area contributed by atoms with Crippen LogP contribution in [0.15, 0.2) is 0 Å². The summed E-state index contributed by atoms with van der Waals surface area (Å²) in [6.45, 7) is 9.24. The fourth-order valence-corrected chi connectivity index (χ4v) is 8.52. The lowest BCUT2D eigenvalue weighted by Crippen LogP contribution is -2.32. The van der Waals surface area contributed by atoms with Crippen LogP contribution in [0, 0.1) is 0 Å². The fourth-order valence-electron chi connectivity index (χ4n) is 2.36. The molecule has 3 nitrogen and oxygen atoms in total. The van der Waals surface area contributed by atoms with Crippen molar-refractivity contribution in [1.29, 1.82) is 0 Å². The predicted octanol–water partition coefficient (Wildman–Crippen LogP) is 3.56. The van der Waals surface area contributed by atoms with E-state index in [9.17, 15) is 0 Å². The van der Waals surface area contributed by atoms with Crippen LogP contribution < -0.4 is 11.5 Å². The van der Waals surface area contributed by atoms with E-state index in [1.807, 2.05) is 0 Å². The molecule has 0 saturated carbocycles. The Morgan fingerprint density at radius 3 is 1.84 bits per heavy atom. The first-order valence-corrected chi connectivity index (χ1v) is 13.9. The summed E-state index contributed by atoms with van der Waals surface area (Å²) in [5.41, 5.74) is 11.0. The zero-order valence-electron chi connectivity index (χ0n) is 13.6. The van der Waals surface area contributed by atoms with Gasteiger partial charge in [-0.05, 0) is 38.7 Å². The molecule has 0 aromatic rings. The van der Waals surface area contributed by atoms with Gasteiger partial charge < -0.3 is 15.6 Å². The van der Waals surface area contributed by atoms with Crippen molar-refractivity contribution >= 4 is 17.4 Å². The first-order chi connectivity index (χ1) is 8.81. The molecule has 1 atom stereocenters. The summed E-state index contributed by atoms with van der Waals surface area (Å²) >= 11 is 0. The van der Waals surface area contributed by atoms with Gasteiger partial charge in [-0.2, -0.15) is 0 Å². The lowest BCUT2D eigenvalue weighted by molar-refractivity contribution is 0.533. The normalized spacial score (nSPS) is 14.1. The van der Waals surface area contributed by atoms with Gasteiger partial charge in [-0.25, -0.2) is 0 Å². The molecule has 0 aromatic heterocycles. The third kappa shape index (κ3) is 16.3. The highest BCUT2D eigenvalue weighted by Gasteiger charge is 2.18. The largest absolute Gasteiger partial charge is 0.458 e. The fraction of sp³-hybridized carbons (Fsp3) is 1.00. The Morgan fingerprint density at radius 1 is 0.895 bits per heavy atom. The van der Waals surface area contributed by atoms with Crippen molar-refractivity contribution in [1.82, 2.24) is 0 Å². The Bertz CT molecular complexity index is 208. The Morgan fingerprint density at radius 2 is 1.37 bits per heavy atom. The van der Waals surface area contributed by atoms with Crippen molar-refractivity contribution in [3.63, 3.8) is 0 Å². The molecule has 1 unspecified atom stereocenters. The topological polar surface area (TPSA) is 61.3 Å². The van der Waals surface area contributed by atoms with E-state index in [2.05, 4.69) is 26.2 Å². The highest BCUT2D eigenvalue weighted by Crippen LogP contribution is 2.13. The summed E-state index contributed by atoms with van der Waals surface area (Å²) in [5.74, 6) is 0. The maximum atomic E-state index is 6.17. The zero-order valence-corrected chi connectivity index (χ0v) is 15.7. The van der Waals surface area contributed by atoms with Crippen molar-refractivity contribution in [3.8, 4) is 0 Å². The van der Waals surface area contributed by atoms with Crippen molar-refractivity contribution in [3.05, 3.63) is 0 Å². The van der Waals surface area contributed by atoms with E-state index in [4.69, 9.17) is 15.6 Å². The minimum atomic E-state index is -1.28. The van der Waals surface area contributed by atoms with Gasteiger partial charge in [-0.3, -0.25) is 0 Å². The molecule has 0 rings (SSSR count). The number of hydrogen-bond donors (Lipinski definition) is 2. The van der Waals surface area contributed by atoms with Crippen LogP contribution in [0.2, 0.25) is 32.2 Å². The third-order valence-electron chi connectivity index (χ3n) is 3.20. The highest BCUT2D eigenvalue weighted by molar-refractivity contribution is 6.77. The molecule has 0 aromatic carbocycles. The minimum Gasteiger partial charge on any atom is -0.458 e. The molecular weight excluding hydrogens is 268 g/mol. The molecule has 19 heavy (non-hydrogen) atoms. The summed E-state index contributed by atoms with van der Waals surface area (Å²) < 4.78 is 6.17. The van der Waals surface area contributed by atoms with E-state index >= 15 is 0 Å². The molecule has 5 heteroatoms. The van der Waals surface area contributed by atoms with Gasteiger partial charge in [0.15, 0.2) is 17.4 Å². The quantitative estimate of drug-likeness (QED) is 0.329. The van der Waals surface area contributed by atoms with E-state index in [0.29, 0.717) is 0 Å². The van der Waals surface area contributed by atoms with Crippen LogP contribution in [0.5, 0.6) is 0 Å². The van der Waals surface area contributed by atoms with E-state index in [-0.39, 0.29) is 6.17 Å². The second-order valence-corrected chi connectivity index (χ2v) is 14.1. The average Bonchev–Trinajstić information content (AvgIpc) is 2.24. The Balaban J connectivity index is 3.23. The second-order valence-electron chi connectivity index (χ2n) is 6.76. The molecule has 0 heterocycles. The summed E-state index contributed by atoms with van der Waals surface area (Å²) in [6, 6.07) is 1.35. The smallest absolute Gasteiger partial charge is 0.170 e. The zero-order chi connectivity index (χ0) is 14.7. The number of unbranched alkanes of at least 4 members (excludes halogenated alkanes) is 6. The van der Waals surface area contributed by atoms with Crippen LogP contribution in [-0.4, -0.2) is 23.5 Å². The molecule has 4 N–H and O–H groups in total. The van der Waals surface area contributed by atoms with Crippen LogP contribution in [-0.2, 0) is 4.12 Å². The van der Waals surface area contributed by atoms with Gasteiger partial charge in [-0.15, -0.1) is 0 Å². The second kappa shape index (κ2) is 11.0. The molecule has 0 amide bonds. The van der Waals surface area contributed by atoms with Crippen molar-refractivity contribution in [2.75, 3.05) is 0 Å². The maximum absolute atomic E-state index is 6.17. The first kappa shape index (κ1) is 19.3. The molecule has 0 aliphatic rings. The van der Waals surface area contributed by atoms with E-state index in [0.717, 1.165) is 6.42 Å². The van der Waals surface area contributed by atoms with Gasteiger partial charge in [-0.1, -0.05) is 44.9 Å². The number of nitrogens with two attached hydrogens (primary N) is 2. The van der Waals surface area contributed by atoms with Crippen LogP contribution in [0.25, 0.3) is 0 Å². The van der Waals surface area contributed by atoms with Crippen LogP contribution in [0.4, 0.5) is 0 Å². The SMILES string of the molecule is C[SiH](CCCCCCCCCC(N)N)O[Si](C)(C)C. The van der Waals surface area contributed by atoms with Crippen LogP contribution >= 0.6 is 0 Å². The van der Waals surface area contributed by atoms with E-state index in [1.54, 1.807) is 0 Å². The Labute approximate surface area is 123 Å². The van der Waals surface area contributed by atoms with Crippen molar-refractivity contribution in [2.45, 2.75) is 89.8 Å². The molecule has 0 spiro atoms. The standard InChI is InChI=1S/C14H36N2OSi2/c1-18(17-19(2,3)4)13-11-9-7-5-6-8-10-12-14(15)16/h14,18H,5-13,15-16H2,1-4H3. The van der Waals surface area contributed by atoms with Gasteiger partial charge in [0, 0.05) is 0 Å². The van der Waals surface area contributed by atoms with E-state index < -0.39 is 17.4 Å². The molecular formula is C14H36N2OSi2. The minimum absolute atomic E-state index is 0.113. The molecule has 0 aliphatic heterocycles. The molecule has 0 radical (unpaired) electrons. The Hall–Kier alpha value is 0.314. The summed E-state index contributed by atoms with van der Waals surface area (Å²) in [6.07, 6.45) is 10.2. The lowest BCUT2D eigenvalue weighted by Gasteiger charge is -2.22. The third-order valence-corrected chi connectivity index (χ3v) is 8.86. The van der Waals surface area contributed by atoms with Gasteiger partial charge in [0.05, 0.1) is 6.17 Å². The molecule has 116 valence electrons. The number of rotatable bonds is 12. The van der Waals surface area contributed by atoms with Gasteiger partial charge in [0.1, 0.15) is 0 Å². The van der Waals surface area contributed by atoms with Crippen molar-refractivity contribution in [2.24, 2.45) is 11.5 Å². The lowest BCUT2D eigenvalue weighted by atomic mass is 10.1. The van der Waals surface area contributed by atoms with Crippen molar-refractivity contribution < 1.29 is 4.12 Å². The predicted molar refractivity (Wildman–Crippen MR) is 91.3 cm³/mol. The monoisotopic (exact) mass is 304 g/mol. The first-order valence-electron chi connectivity index (χ1n) is 8.00. The van der Waals surface area contributed by atoms with Gasteiger partial charge in [0.25, 0.3) is 0 Å². The van der Waals surface area contributed by atoms with Crippen LogP contribution in [0.3, 0.4) is 0 Å². The maximum Gasteiger partial charge on any atom is 0.170 e. The Kier molecular flexibility index (Phi) is 11.2. The molecule has 0 aliphatic carbocycles. The average molecular weight is 305 g/mol. The summed E-state index contributed by atoms with van der Waals surface area (Å²) in [5, 5.41) is 0. The van der Waals surface area contributed by atoms with Gasteiger partial charge in [0.2, 0.25) is 0 Å². The summed E-state index contributed by atoms with van der Waals surface area (Å²) in [4.78, 5) is 0.